The summed E-state index contributed by atoms with van der Waals surface area (Å²) in [6.45, 7) is 0. The maximum Gasteiger partial charge on any atom is 0.113 e. The second-order valence-corrected chi connectivity index (χ2v) is 6.69. The zero-order chi connectivity index (χ0) is 12.6. The number of aromatic nitrogens is 1. The number of nitrogens with zero attached hydrogens (tertiary/aromatic N) is 1. The molecule has 1 aliphatic rings. The Morgan fingerprint density at radius 2 is 2.00 bits per heavy atom. The van der Waals surface area contributed by atoms with E-state index in [1.165, 1.54) is 12.8 Å². The van der Waals surface area contributed by atoms with Gasteiger partial charge in [-0.2, -0.15) is 0 Å². The molecule has 1 aromatic carbocycles. The Morgan fingerprint density at radius 3 is 2.68 bits per heavy atom. The normalized spacial score (nSPS) is 17.2. The molecule has 19 heavy (non-hydrogen) atoms. The third-order valence-corrected chi connectivity index (χ3v) is 5.10. The van der Waals surface area contributed by atoms with Crippen LogP contribution in [0.2, 0.25) is 0 Å². The van der Waals surface area contributed by atoms with Crippen molar-refractivity contribution < 1.29 is 0 Å². The predicted molar refractivity (Wildman–Crippen MR) is 86.8 cm³/mol. The number of rotatable bonds is 2. The van der Waals surface area contributed by atoms with Gasteiger partial charge in [-0.15, -0.1) is 23.7 Å². The molecule has 1 fully saturated rings. The van der Waals surface area contributed by atoms with Crippen LogP contribution in [0.5, 0.6) is 0 Å². The van der Waals surface area contributed by atoms with Crippen LogP contribution in [0, 0.1) is 0 Å². The molecule has 1 aliphatic carbocycles. The van der Waals surface area contributed by atoms with Crippen LogP contribution in [0.1, 0.15) is 30.7 Å². The molecule has 0 spiro atoms. The third kappa shape index (κ3) is 3.02. The Kier molecular flexibility index (Phi) is 4.66. The van der Waals surface area contributed by atoms with Crippen LogP contribution in [0.25, 0.3) is 11.3 Å². The largest absolute Gasteiger partial charge is 0.319 e. The summed E-state index contributed by atoms with van der Waals surface area (Å²) in [4.78, 5) is 4.75. The van der Waals surface area contributed by atoms with Gasteiger partial charge >= 0.3 is 0 Å². The smallest absolute Gasteiger partial charge is 0.113 e. The Hall–Kier alpha value is -0.420. The van der Waals surface area contributed by atoms with Crippen molar-refractivity contribution in [3.63, 3.8) is 0 Å². The first-order valence-corrected chi connectivity index (χ1v) is 7.85. The quantitative estimate of drug-likeness (QED) is 0.842. The van der Waals surface area contributed by atoms with Crippen molar-refractivity contribution in [1.82, 2.24) is 4.98 Å². The average molecular weight is 360 g/mol. The minimum atomic E-state index is -0.172. The van der Waals surface area contributed by atoms with Crippen LogP contribution in [0.3, 0.4) is 0 Å². The van der Waals surface area contributed by atoms with Crippen LogP contribution >= 0.6 is 39.7 Å². The second-order valence-electron chi connectivity index (χ2n) is 4.91. The van der Waals surface area contributed by atoms with E-state index >= 15 is 0 Å². The van der Waals surface area contributed by atoms with Gasteiger partial charge in [-0.25, -0.2) is 4.98 Å². The van der Waals surface area contributed by atoms with Crippen LogP contribution in [-0.2, 0) is 5.54 Å². The molecule has 0 aliphatic heterocycles. The first-order chi connectivity index (χ1) is 8.67. The molecule has 0 radical (unpaired) electrons. The Labute approximate surface area is 132 Å². The fourth-order valence-corrected chi connectivity index (χ4v) is 3.90. The molecule has 1 saturated carbocycles. The van der Waals surface area contributed by atoms with Gasteiger partial charge < -0.3 is 5.73 Å². The summed E-state index contributed by atoms with van der Waals surface area (Å²) in [6, 6.07) is 8.24. The van der Waals surface area contributed by atoms with Gasteiger partial charge in [0.1, 0.15) is 5.01 Å². The van der Waals surface area contributed by atoms with Crippen molar-refractivity contribution in [2.45, 2.75) is 31.2 Å². The van der Waals surface area contributed by atoms with Gasteiger partial charge in [-0.05, 0) is 25.0 Å². The summed E-state index contributed by atoms with van der Waals surface area (Å²) in [5.41, 5.74) is 8.45. The standard InChI is InChI=1S/C14H15BrN2S.ClH/c15-11-5-3-4-10(8-11)12-9-18-13(17-12)14(16)6-1-2-7-14;/h3-5,8-9H,1-2,6-7,16H2;1H. The van der Waals surface area contributed by atoms with Gasteiger partial charge in [0.05, 0.1) is 11.2 Å². The number of thiazole rings is 1. The molecule has 2 nitrogen and oxygen atoms in total. The fraction of sp³-hybridized carbons (Fsp3) is 0.357. The van der Waals surface area contributed by atoms with Crippen LogP contribution in [0.15, 0.2) is 34.1 Å². The van der Waals surface area contributed by atoms with Crippen molar-refractivity contribution >= 4 is 39.7 Å². The third-order valence-electron chi connectivity index (χ3n) is 3.55. The maximum atomic E-state index is 6.44. The molecule has 0 amide bonds. The van der Waals surface area contributed by atoms with Gasteiger partial charge in [0, 0.05) is 15.4 Å². The van der Waals surface area contributed by atoms with E-state index < -0.39 is 0 Å². The summed E-state index contributed by atoms with van der Waals surface area (Å²) in [5.74, 6) is 0. The first-order valence-electron chi connectivity index (χ1n) is 6.18. The van der Waals surface area contributed by atoms with Crippen molar-refractivity contribution in [3.05, 3.63) is 39.1 Å². The van der Waals surface area contributed by atoms with Gasteiger partial charge in [0.15, 0.2) is 0 Å². The number of halogens is 2. The number of benzene rings is 1. The minimum Gasteiger partial charge on any atom is -0.319 e. The molecule has 1 heterocycles. The van der Waals surface area contributed by atoms with E-state index in [9.17, 15) is 0 Å². The lowest BCUT2D eigenvalue weighted by atomic mass is 10.0. The molecule has 2 aromatic rings. The lowest BCUT2D eigenvalue weighted by Gasteiger charge is -2.19. The fourth-order valence-electron chi connectivity index (χ4n) is 2.50. The Morgan fingerprint density at radius 1 is 1.26 bits per heavy atom. The molecule has 5 heteroatoms. The van der Waals surface area contributed by atoms with E-state index in [0.717, 1.165) is 33.6 Å². The zero-order valence-corrected chi connectivity index (χ0v) is 13.7. The second kappa shape index (κ2) is 5.92. The highest BCUT2D eigenvalue weighted by atomic mass is 79.9. The van der Waals surface area contributed by atoms with Crippen LogP contribution in [-0.4, -0.2) is 4.98 Å². The highest BCUT2D eigenvalue weighted by Gasteiger charge is 2.34. The minimum absolute atomic E-state index is 0. The van der Waals surface area contributed by atoms with Crippen molar-refractivity contribution in [2.75, 3.05) is 0 Å². The molecule has 0 bridgehead atoms. The van der Waals surface area contributed by atoms with Crippen molar-refractivity contribution in [3.8, 4) is 11.3 Å². The summed E-state index contributed by atoms with van der Waals surface area (Å²) in [7, 11) is 0. The van der Waals surface area contributed by atoms with Gasteiger partial charge in [-0.1, -0.05) is 40.9 Å². The van der Waals surface area contributed by atoms with E-state index in [2.05, 4.69) is 33.4 Å². The van der Waals surface area contributed by atoms with Gasteiger partial charge in [0.25, 0.3) is 0 Å². The molecule has 0 unspecified atom stereocenters. The number of hydrogen-bond acceptors (Lipinski definition) is 3. The Balaban J connectivity index is 0.00000133. The van der Waals surface area contributed by atoms with Gasteiger partial charge in [0.2, 0.25) is 0 Å². The van der Waals surface area contributed by atoms with E-state index in [0.29, 0.717) is 0 Å². The van der Waals surface area contributed by atoms with Crippen molar-refractivity contribution in [1.29, 1.82) is 0 Å². The highest BCUT2D eigenvalue weighted by molar-refractivity contribution is 9.10. The Bertz CT molecular complexity index is 564. The number of hydrogen-bond donors (Lipinski definition) is 1. The lowest BCUT2D eigenvalue weighted by Crippen LogP contribution is -2.32. The summed E-state index contributed by atoms with van der Waals surface area (Å²) in [5, 5.41) is 3.21. The van der Waals surface area contributed by atoms with E-state index in [-0.39, 0.29) is 17.9 Å². The molecular formula is C14H16BrClN2S. The zero-order valence-electron chi connectivity index (χ0n) is 10.4. The molecule has 3 rings (SSSR count). The first kappa shape index (κ1) is 15.0. The van der Waals surface area contributed by atoms with E-state index in [1.54, 1.807) is 11.3 Å². The molecule has 1 aromatic heterocycles. The number of nitrogens with two attached hydrogens (primary N) is 1. The predicted octanol–water partition coefficient (Wildman–Crippen LogP) is 4.72. The average Bonchev–Trinajstić information content (AvgIpc) is 2.98. The maximum absolute atomic E-state index is 6.44. The van der Waals surface area contributed by atoms with Crippen LogP contribution < -0.4 is 5.73 Å². The highest BCUT2D eigenvalue weighted by Crippen LogP contribution is 2.39. The molecule has 0 atom stereocenters. The SMILES string of the molecule is Cl.NC1(c2nc(-c3cccc(Br)c3)cs2)CCCC1. The molecule has 2 N–H and O–H groups in total. The van der Waals surface area contributed by atoms with Gasteiger partial charge in [-0.3, -0.25) is 0 Å². The van der Waals surface area contributed by atoms with Crippen molar-refractivity contribution in [2.24, 2.45) is 5.73 Å². The summed E-state index contributed by atoms with van der Waals surface area (Å²) < 4.78 is 1.08. The van der Waals surface area contributed by atoms with E-state index in [1.807, 2.05) is 12.1 Å². The summed E-state index contributed by atoms with van der Waals surface area (Å²) >= 11 is 5.19. The monoisotopic (exact) mass is 358 g/mol. The van der Waals surface area contributed by atoms with Crippen LogP contribution in [0.4, 0.5) is 0 Å². The lowest BCUT2D eigenvalue weighted by molar-refractivity contribution is 0.459. The molecule has 102 valence electrons. The van der Waals surface area contributed by atoms with E-state index in [4.69, 9.17) is 10.7 Å². The molecular weight excluding hydrogens is 344 g/mol. The topological polar surface area (TPSA) is 38.9 Å². The molecule has 0 saturated heterocycles. The summed E-state index contributed by atoms with van der Waals surface area (Å²) in [6.07, 6.45) is 4.58.